The molecule has 2 rings (SSSR count). The van der Waals surface area contributed by atoms with E-state index in [0.717, 1.165) is 12.5 Å². The highest BCUT2D eigenvalue weighted by Crippen LogP contribution is 2.42. The van der Waals surface area contributed by atoms with Gasteiger partial charge in [0.05, 0.1) is 6.10 Å². The third kappa shape index (κ3) is 3.33. The highest BCUT2D eigenvalue weighted by molar-refractivity contribution is 9.09. The minimum Gasteiger partial charge on any atom is -0.378 e. The summed E-state index contributed by atoms with van der Waals surface area (Å²) in [6, 6.07) is 2.33. The fourth-order valence-electron chi connectivity index (χ4n) is 2.62. The van der Waals surface area contributed by atoms with Crippen LogP contribution < -0.4 is 0 Å². The topological polar surface area (TPSA) is 9.23 Å². The first-order valence-electron chi connectivity index (χ1n) is 6.42. The van der Waals surface area contributed by atoms with Gasteiger partial charge in [0.1, 0.15) is 0 Å². The molecule has 0 aliphatic heterocycles. The van der Waals surface area contributed by atoms with Gasteiger partial charge in [-0.25, -0.2) is 0 Å². The zero-order chi connectivity index (χ0) is 12.4. The summed E-state index contributed by atoms with van der Waals surface area (Å²) in [5, 5.41) is 0. The summed E-state index contributed by atoms with van der Waals surface area (Å²) in [7, 11) is 0. The fourth-order valence-corrected chi connectivity index (χ4v) is 4.76. The van der Waals surface area contributed by atoms with Gasteiger partial charge in [-0.15, -0.1) is 11.3 Å². The third-order valence-electron chi connectivity index (χ3n) is 3.55. The quantitative estimate of drug-likeness (QED) is 0.694. The van der Waals surface area contributed by atoms with E-state index in [1.54, 1.807) is 0 Å². The van der Waals surface area contributed by atoms with Crippen molar-refractivity contribution in [1.82, 2.24) is 0 Å². The Morgan fingerprint density at radius 2 is 2.18 bits per heavy atom. The number of alkyl halides is 1. The highest BCUT2D eigenvalue weighted by atomic mass is 79.9. The van der Waals surface area contributed by atoms with E-state index in [-0.39, 0.29) is 0 Å². The first-order valence-corrected chi connectivity index (χ1v) is 8.16. The van der Waals surface area contributed by atoms with Crippen molar-refractivity contribution in [2.24, 2.45) is 5.92 Å². The molecule has 1 atom stereocenters. The van der Waals surface area contributed by atoms with Gasteiger partial charge in [0.15, 0.2) is 0 Å². The van der Waals surface area contributed by atoms with E-state index in [4.69, 9.17) is 4.74 Å². The second-order valence-corrected chi connectivity index (χ2v) is 7.55. The average molecular weight is 317 g/mol. The van der Waals surface area contributed by atoms with Crippen molar-refractivity contribution in [2.75, 3.05) is 6.61 Å². The minimum atomic E-state index is 0.528. The molecule has 1 nitrogen and oxygen atoms in total. The van der Waals surface area contributed by atoms with Gasteiger partial charge in [0, 0.05) is 21.2 Å². The lowest BCUT2D eigenvalue weighted by Gasteiger charge is -2.36. The molecular weight excluding hydrogens is 296 g/mol. The first-order chi connectivity index (χ1) is 8.10. The molecule has 1 unspecified atom stereocenters. The predicted octanol–water partition coefficient (Wildman–Crippen LogP) is 5.01. The van der Waals surface area contributed by atoms with Crippen molar-refractivity contribution in [3.63, 3.8) is 0 Å². The van der Waals surface area contributed by atoms with Crippen LogP contribution in [0.4, 0.5) is 0 Å². The summed E-state index contributed by atoms with van der Waals surface area (Å²) in [5.41, 5.74) is 1.49. The molecule has 1 aromatic heterocycles. The van der Waals surface area contributed by atoms with E-state index < -0.39 is 0 Å². The number of halogens is 1. The number of rotatable bonds is 5. The molecule has 1 aliphatic rings. The van der Waals surface area contributed by atoms with E-state index in [1.165, 1.54) is 34.6 Å². The van der Waals surface area contributed by atoms with Crippen molar-refractivity contribution < 1.29 is 4.74 Å². The van der Waals surface area contributed by atoms with Gasteiger partial charge in [-0.05, 0) is 57.6 Å². The Morgan fingerprint density at radius 3 is 2.71 bits per heavy atom. The molecule has 3 heteroatoms. The van der Waals surface area contributed by atoms with Gasteiger partial charge in [-0.3, -0.25) is 0 Å². The van der Waals surface area contributed by atoms with Crippen LogP contribution in [0.2, 0.25) is 0 Å². The standard InChI is InChI=1S/C14H21BrOS/c1-4-16-12-6-11(7-12)8-14(15)13-5-9(2)17-10(13)3/h5,11-12,14H,4,6-8H2,1-3H3. The minimum absolute atomic E-state index is 0.528. The van der Waals surface area contributed by atoms with Gasteiger partial charge in [0.25, 0.3) is 0 Å². The molecule has 96 valence electrons. The van der Waals surface area contributed by atoms with Crippen LogP contribution in [0, 0.1) is 19.8 Å². The van der Waals surface area contributed by atoms with Crippen molar-refractivity contribution in [3.8, 4) is 0 Å². The van der Waals surface area contributed by atoms with Crippen LogP contribution in [0.1, 0.15) is 46.3 Å². The summed E-state index contributed by atoms with van der Waals surface area (Å²) >= 11 is 5.75. The Hall–Kier alpha value is 0.140. The molecule has 0 radical (unpaired) electrons. The molecule has 0 spiro atoms. The third-order valence-corrected chi connectivity index (χ3v) is 5.40. The Labute approximate surface area is 117 Å². The molecule has 0 N–H and O–H groups in total. The van der Waals surface area contributed by atoms with Crippen LogP contribution in [-0.2, 0) is 4.74 Å². The molecule has 17 heavy (non-hydrogen) atoms. The maximum atomic E-state index is 5.61. The largest absolute Gasteiger partial charge is 0.378 e. The molecule has 0 amide bonds. The molecular formula is C14H21BrOS. The number of aryl methyl sites for hydroxylation is 2. The summed E-state index contributed by atoms with van der Waals surface area (Å²) in [4.78, 5) is 3.41. The lowest BCUT2D eigenvalue weighted by Crippen LogP contribution is -2.31. The van der Waals surface area contributed by atoms with E-state index in [0.29, 0.717) is 10.9 Å². The maximum absolute atomic E-state index is 5.61. The molecule has 1 aliphatic carbocycles. The van der Waals surface area contributed by atoms with E-state index >= 15 is 0 Å². The lowest BCUT2D eigenvalue weighted by atomic mass is 9.78. The summed E-state index contributed by atoms with van der Waals surface area (Å²) in [6.07, 6.45) is 4.28. The van der Waals surface area contributed by atoms with Crippen LogP contribution in [0.5, 0.6) is 0 Å². The summed E-state index contributed by atoms with van der Waals surface area (Å²) in [6.45, 7) is 7.36. The van der Waals surface area contributed by atoms with E-state index in [9.17, 15) is 0 Å². The van der Waals surface area contributed by atoms with E-state index in [1.807, 2.05) is 11.3 Å². The fraction of sp³-hybridized carbons (Fsp3) is 0.714. The van der Waals surface area contributed by atoms with Crippen LogP contribution in [0.25, 0.3) is 0 Å². The van der Waals surface area contributed by atoms with Gasteiger partial charge in [0.2, 0.25) is 0 Å². The normalized spacial score (nSPS) is 25.6. The monoisotopic (exact) mass is 316 g/mol. The second-order valence-electron chi connectivity index (χ2n) is 4.99. The number of hydrogen-bond donors (Lipinski definition) is 0. The smallest absolute Gasteiger partial charge is 0.0580 e. The average Bonchev–Trinajstić information content (AvgIpc) is 2.54. The summed E-state index contributed by atoms with van der Waals surface area (Å²) in [5.74, 6) is 0.843. The van der Waals surface area contributed by atoms with Gasteiger partial charge >= 0.3 is 0 Å². The Bertz CT molecular complexity index is 368. The van der Waals surface area contributed by atoms with E-state index in [2.05, 4.69) is 42.8 Å². The highest BCUT2D eigenvalue weighted by Gasteiger charge is 2.31. The Balaban J connectivity index is 1.82. The predicted molar refractivity (Wildman–Crippen MR) is 78.2 cm³/mol. The molecule has 0 aromatic carbocycles. The molecule has 1 fully saturated rings. The first kappa shape index (κ1) is 13.6. The van der Waals surface area contributed by atoms with Crippen molar-refractivity contribution >= 4 is 27.3 Å². The maximum Gasteiger partial charge on any atom is 0.0580 e. The molecule has 1 heterocycles. The number of thiophene rings is 1. The molecule has 0 saturated heterocycles. The van der Waals surface area contributed by atoms with Gasteiger partial charge in [-0.1, -0.05) is 15.9 Å². The molecule has 1 saturated carbocycles. The Morgan fingerprint density at radius 1 is 1.47 bits per heavy atom. The van der Waals surface area contributed by atoms with Crippen LogP contribution in [0.3, 0.4) is 0 Å². The molecule has 1 aromatic rings. The zero-order valence-corrected chi connectivity index (χ0v) is 13.2. The SMILES string of the molecule is CCOC1CC(CC(Br)c2cc(C)sc2C)C1. The van der Waals surface area contributed by atoms with Gasteiger partial charge < -0.3 is 4.74 Å². The Kier molecular flexibility index (Phi) is 4.67. The second kappa shape index (κ2) is 5.85. The van der Waals surface area contributed by atoms with Crippen molar-refractivity contribution in [3.05, 3.63) is 21.4 Å². The van der Waals surface area contributed by atoms with Crippen LogP contribution >= 0.6 is 27.3 Å². The number of hydrogen-bond acceptors (Lipinski definition) is 2. The van der Waals surface area contributed by atoms with Crippen LogP contribution in [0.15, 0.2) is 6.07 Å². The zero-order valence-electron chi connectivity index (χ0n) is 10.8. The summed E-state index contributed by atoms with van der Waals surface area (Å²) < 4.78 is 5.61. The van der Waals surface area contributed by atoms with Crippen molar-refractivity contribution in [2.45, 2.75) is 51.0 Å². The lowest BCUT2D eigenvalue weighted by molar-refractivity contribution is -0.0264. The van der Waals surface area contributed by atoms with Crippen LogP contribution in [-0.4, -0.2) is 12.7 Å². The number of ether oxygens (including phenoxy) is 1. The van der Waals surface area contributed by atoms with Gasteiger partial charge in [-0.2, -0.15) is 0 Å². The van der Waals surface area contributed by atoms with Crippen molar-refractivity contribution in [1.29, 1.82) is 0 Å². The molecule has 0 bridgehead atoms.